The van der Waals surface area contributed by atoms with Crippen LogP contribution in [0.25, 0.3) is 0 Å². The molecule has 0 atom stereocenters. The van der Waals surface area contributed by atoms with E-state index in [1.54, 1.807) is 0 Å². The number of carbonyl (C=O) groups excluding carboxylic acids is 1. The van der Waals surface area contributed by atoms with Crippen molar-refractivity contribution in [3.05, 3.63) is 23.8 Å². The zero-order chi connectivity index (χ0) is 18.9. The van der Waals surface area contributed by atoms with E-state index in [0.29, 0.717) is 13.0 Å². The van der Waals surface area contributed by atoms with E-state index in [2.05, 4.69) is 22.8 Å². The molecule has 1 aromatic carbocycles. The van der Waals surface area contributed by atoms with Gasteiger partial charge in [-0.25, -0.2) is 0 Å². The Bertz CT molecular complexity index is 590. The maximum atomic E-state index is 12.4. The lowest BCUT2D eigenvalue weighted by atomic mass is 9.86. The number of piperidine rings is 1. The molecule has 1 saturated carbocycles. The highest BCUT2D eigenvalue weighted by Gasteiger charge is 2.17. The lowest BCUT2D eigenvalue weighted by molar-refractivity contribution is -0.116. The normalized spacial score (nSPS) is 19.0. The molecule has 1 saturated heterocycles. The van der Waals surface area contributed by atoms with E-state index >= 15 is 0 Å². The van der Waals surface area contributed by atoms with Crippen molar-refractivity contribution in [3.63, 3.8) is 0 Å². The lowest BCUT2D eigenvalue weighted by Gasteiger charge is -2.23. The molecule has 2 aliphatic rings. The number of benzene rings is 1. The first-order valence-electron chi connectivity index (χ1n) is 11.0. The van der Waals surface area contributed by atoms with Crippen molar-refractivity contribution < 1.29 is 9.53 Å². The second-order valence-corrected chi connectivity index (χ2v) is 8.25. The quantitative estimate of drug-likeness (QED) is 0.680. The second kappa shape index (κ2) is 10.7. The number of ether oxygens (including phenoxy) is 1. The van der Waals surface area contributed by atoms with E-state index in [1.807, 2.05) is 13.0 Å². The number of rotatable bonds is 8. The van der Waals surface area contributed by atoms with Crippen molar-refractivity contribution in [3.8, 4) is 5.75 Å². The molecule has 0 spiro atoms. The summed E-state index contributed by atoms with van der Waals surface area (Å²) in [7, 11) is 0. The molecule has 4 nitrogen and oxygen atoms in total. The molecule has 1 aromatic rings. The van der Waals surface area contributed by atoms with Crippen LogP contribution in [0.4, 0.5) is 5.69 Å². The molecular formula is C23H36N2O2. The van der Waals surface area contributed by atoms with E-state index in [4.69, 9.17) is 4.74 Å². The Balaban J connectivity index is 1.55. The minimum absolute atomic E-state index is 0.118. The van der Waals surface area contributed by atoms with Crippen LogP contribution in [-0.4, -0.2) is 25.6 Å². The number of amides is 1. The van der Waals surface area contributed by atoms with Crippen LogP contribution in [0.5, 0.6) is 5.75 Å². The number of nitrogens with one attached hydrogen (secondary N) is 2. The van der Waals surface area contributed by atoms with Crippen molar-refractivity contribution in [2.24, 2.45) is 11.8 Å². The first kappa shape index (κ1) is 20.2. The number of hydrogen-bond acceptors (Lipinski definition) is 3. The summed E-state index contributed by atoms with van der Waals surface area (Å²) in [6.45, 7) is 4.85. The van der Waals surface area contributed by atoms with Gasteiger partial charge in [-0.15, -0.1) is 0 Å². The number of carbonyl (C=O) groups is 1. The van der Waals surface area contributed by atoms with Crippen LogP contribution in [-0.2, 0) is 11.2 Å². The van der Waals surface area contributed by atoms with Crippen LogP contribution in [0.15, 0.2) is 18.2 Å². The van der Waals surface area contributed by atoms with Crippen molar-refractivity contribution >= 4 is 11.6 Å². The summed E-state index contributed by atoms with van der Waals surface area (Å²) in [5, 5.41) is 6.52. The predicted molar refractivity (Wildman–Crippen MR) is 111 cm³/mol. The van der Waals surface area contributed by atoms with Gasteiger partial charge in [-0.3, -0.25) is 4.79 Å². The summed E-state index contributed by atoms with van der Waals surface area (Å²) in [6.07, 6.45) is 11.8. The Morgan fingerprint density at radius 3 is 2.63 bits per heavy atom. The van der Waals surface area contributed by atoms with Crippen LogP contribution < -0.4 is 15.4 Å². The van der Waals surface area contributed by atoms with Crippen LogP contribution in [0, 0.1) is 11.8 Å². The predicted octanol–water partition coefficient (Wildman–Crippen LogP) is 4.93. The molecule has 4 heteroatoms. The fourth-order valence-electron chi connectivity index (χ4n) is 4.51. The molecule has 0 aromatic heterocycles. The first-order chi connectivity index (χ1) is 13.2. The average Bonchev–Trinajstić information content (AvgIpc) is 2.70. The van der Waals surface area contributed by atoms with Gasteiger partial charge in [-0.1, -0.05) is 38.2 Å². The summed E-state index contributed by atoms with van der Waals surface area (Å²) < 4.78 is 5.84. The number of hydrogen-bond donors (Lipinski definition) is 2. The van der Waals surface area contributed by atoms with E-state index in [0.717, 1.165) is 49.2 Å². The molecule has 27 heavy (non-hydrogen) atoms. The van der Waals surface area contributed by atoms with E-state index in [9.17, 15) is 4.79 Å². The van der Waals surface area contributed by atoms with Crippen LogP contribution in [0.2, 0.25) is 0 Å². The molecule has 3 rings (SSSR count). The Morgan fingerprint density at radius 1 is 1.11 bits per heavy atom. The van der Waals surface area contributed by atoms with E-state index in [-0.39, 0.29) is 5.91 Å². The fourth-order valence-corrected chi connectivity index (χ4v) is 4.51. The molecule has 150 valence electrons. The molecule has 2 N–H and O–H groups in total. The van der Waals surface area contributed by atoms with E-state index in [1.165, 1.54) is 50.5 Å². The topological polar surface area (TPSA) is 50.4 Å². The zero-order valence-electron chi connectivity index (χ0n) is 16.9. The third kappa shape index (κ3) is 6.53. The molecule has 2 fully saturated rings. The van der Waals surface area contributed by atoms with Gasteiger partial charge < -0.3 is 15.4 Å². The standard InChI is InChI=1S/C23H36N2O2/c1-2-27-22-17-20(16-19-12-14-24-15-13-19)8-10-21(22)25-23(26)11-9-18-6-4-3-5-7-18/h8,10,17-19,24H,2-7,9,11-16H2,1H3,(H,25,26). The van der Waals surface area contributed by atoms with Gasteiger partial charge in [0.15, 0.2) is 0 Å². The third-order valence-corrected chi connectivity index (χ3v) is 6.11. The number of anilines is 1. The fraction of sp³-hybridized carbons (Fsp3) is 0.696. The summed E-state index contributed by atoms with van der Waals surface area (Å²) in [6, 6.07) is 6.31. The van der Waals surface area contributed by atoms with Gasteiger partial charge in [-0.05, 0) is 75.2 Å². The van der Waals surface area contributed by atoms with Crippen molar-refractivity contribution in [2.45, 2.75) is 71.1 Å². The summed E-state index contributed by atoms with van der Waals surface area (Å²) >= 11 is 0. The van der Waals surface area contributed by atoms with Crippen molar-refractivity contribution in [2.75, 3.05) is 25.0 Å². The highest BCUT2D eigenvalue weighted by Crippen LogP contribution is 2.30. The molecule has 0 bridgehead atoms. The van der Waals surface area contributed by atoms with Gasteiger partial charge >= 0.3 is 0 Å². The van der Waals surface area contributed by atoms with Gasteiger partial charge in [0.1, 0.15) is 5.75 Å². The molecule has 0 unspecified atom stereocenters. The lowest BCUT2D eigenvalue weighted by Crippen LogP contribution is -2.28. The molecule has 0 radical (unpaired) electrons. The van der Waals surface area contributed by atoms with Gasteiger partial charge in [0.2, 0.25) is 5.91 Å². The second-order valence-electron chi connectivity index (χ2n) is 8.25. The molecular weight excluding hydrogens is 336 g/mol. The smallest absolute Gasteiger partial charge is 0.224 e. The van der Waals surface area contributed by atoms with Gasteiger partial charge in [0, 0.05) is 6.42 Å². The van der Waals surface area contributed by atoms with Crippen molar-refractivity contribution in [1.82, 2.24) is 5.32 Å². The summed E-state index contributed by atoms with van der Waals surface area (Å²) in [4.78, 5) is 12.4. The van der Waals surface area contributed by atoms with Crippen molar-refractivity contribution in [1.29, 1.82) is 0 Å². The Morgan fingerprint density at radius 2 is 1.89 bits per heavy atom. The molecule has 1 aliphatic heterocycles. The Labute approximate surface area is 164 Å². The van der Waals surface area contributed by atoms with Crippen LogP contribution in [0.1, 0.15) is 70.3 Å². The third-order valence-electron chi connectivity index (χ3n) is 6.11. The first-order valence-corrected chi connectivity index (χ1v) is 11.0. The minimum Gasteiger partial charge on any atom is -0.492 e. The average molecular weight is 373 g/mol. The monoisotopic (exact) mass is 372 g/mol. The SMILES string of the molecule is CCOc1cc(CC2CCNCC2)ccc1NC(=O)CCC1CCCCC1. The van der Waals surface area contributed by atoms with Gasteiger partial charge in [0.25, 0.3) is 0 Å². The minimum atomic E-state index is 0.118. The summed E-state index contributed by atoms with van der Waals surface area (Å²) in [5.41, 5.74) is 2.13. The molecule has 1 amide bonds. The Hall–Kier alpha value is -1.55. The molecule has 1 heterocycles. The zero-order valence-corrected chi connectivity index (χ0v) is 16.9. The Kier molecular flexibility index (Phi) is 8.00. The highest BCUT2D eigenvalue weighted by atomic mass is 16.5. The maximum Gasteiger partial charge on any atom is 0.224 e. The largest absolute Gasteiger partial charge is 0.492 e. The highest BCUT2D eigenvalue weighted by molar-refractivity contribution is 5.92. The summed E-state index contributed by atoms with van der Waals surface area (Å²) in [5.74, 6) is 2.42. The maximum absolute atomic E-state index is 12.4. The van der Waals surface area contributed by atoms with E-state index < -0.39 is 0 Å². The van der Waals surface area contributed by atoms with Gasteiger partial charge in [-0.2, -0.15) is 0 Å². The van der Waals surface area contributed by atoms with Crippen LogP contribution in [0.3, 0.4) is 0 Å². The molecule has 1 aliphatic carbocycles. The van der Waals surface area contributed by atoms with Crippen LogP contribution >= 0.6 is 0 Å². The van der Waals surface area contributed by atoms with Gasteiger partial charge in [0.05, 0.1) is 12.3 Å².